The number of nitrogens with zero attached hydrogens (tertiary/aromatic N) is 2. The van der Waals surface area contributed by atoms with Crippen LogP contribution in [0.1, 0.15) is 19.3 Å². The number of sulfonamides is 1. The molecule has 2 aliphatic rings. The number of carbonyl (C=O) groups is 1. The molecule has 0 saturated carbocycles. The van der Waals surface area contributed by atoms with Crippen LogP contribution in [0, 0.1) is 0 Å². The lowest BCUT2D eigenvalue weighted by molar-refractivity contribution is -0.135. The average Bonchev–Trinajstić information content (AvgIpc) is 2.46. The summed E-state index contributed by atoms with van der Waals surface area (Å²) in [6.45, 7) is 6.38. The number of hydrogen-bond donors (Lipinski definition) is 1. The largest absolute Gasteiger partial charge is 0.336 e. The molecule has 1 N–H and O–H groups in total. The Balaban J connectivity index is 2.00. The minimum atomic E-state index is -3.23. The summed E-state index contributed by atoms with van der Waals surface area (Å²) in [7, 11) is -3.23. The first-order valence-electron chi connectivity index (χ1n) is 7.13. The summed E-state index contributed by atoms with van der Waals surface area (Å²) in [5, 5.41) is 3.04. The van der Waals surface area contributed by atoms with Gasteiger partial charge < -0.3 is 10.2 Å². The van der Waals surface area contributed by atoms with Crippen molar-refractivity contribution in [1.82, 2.24) is 14.5 Å². The van der Waals surface area contributed by atoms with Crippen molar-refractivity contribution in [2.75, 3.05) is 38.5 Å². The van der Waals surface area contributed by atoms with Gasteiger partial charge in [-0.15, -0.1) is 6.58 Å². The molecule has 6 nitrogen and oxygen atoms in total. The maximum atomic E-state index is 12.2. The third kappa shape index (κ3) is 3.59. The standard InChI is InChI=1S/C13H23N3O3S/c1-2-3-9-20(18,19)15-7-4-5-12(11-15)16-8-6-14-10-13(16)17/h2,12,14H,1,3-11H2. The molecule has 2 fully saturated rings. The van der Waals surface area contributed by atoms with Crippen molar-refractivity contribution in [2.45, 2.75) is 25.3 Å². The second-order valence-electron chi connectivity index (χ2n) is 5.31. The molecule has 0 aromatic carbocycles. The van der Waals surface area contributed by atoms with Gasteiger partial charge in [-0.3, -0.25) is 4.79 Å². The van der Waals surface area contributed by atoms with Crippen molar-refractivity contribution in [1.29, 1.82) is 0 Å². The summed E-state index contributed by atoms with van der Waals surface area (Å²) in [4.78, 5) is 13.7. The number of nitrogens with one attached hydrogen (secondary N) is 1. The number of amides is 1. The Labute approximate surface area is 120 Å². The summed E-state index contributed by atoms with van der Waals surface area (Å²) in [6, 6.07) is 0.0249. The highest BCUT2D eigenvalue weighted by molar-refractivity contribution is 7.89. The second-order valence-corrected chi connectivity index (χ2v) is 7.40. The van der Waals surface area contributed by atoms with Gasteiger partial charge in [-0.2, -0.15) is 4.31 Å². The van der Waals surface area contributed by atoms with Gasteiger partial charge in [-0.1, -0.05) is 6.08 Å². The van der Waals surface area contributed by atoms with Crippen LogP contribution in [0.5, 0.6) is 0 Å². The lowest BCUT2D eigenvalue weighted by Crippen LogP contribution is -2.57. The van der Waals surface area contributed by atoms with Gasteiger partial charge in [0.2, 0.25) is 15.9 Å². The van der Waals surface area contributed by atoms with Gasteiger partial charge in [-0.25, -0.2) is 8.42 Å². The fraction of sp³-hybridized carbons (Fsp3) is 0.769. The lowest BCUT2D eigenvalue weighted by atomic mass is 10.1. The van der Waals surface area contributed by atoms with Crippen molar-refractivity contribution in [3.05, 3.63) is 12.7 Å². The van der Waals surface area contributed by atoms with Crippen LogP contribution in [0.3, 0.4) is 0 Å². The van der Waals surface area contributed by atoms with Gasteiger partial charge in [0.1, 0.15) is 0 Å². The van der Waals surface area contributed by atoms with E-state index in [4.69, 9.17) is 0 Å². The number of allylic oxidation sites excluding steroid dienone is 1. The number of hydrogen-bond acceptors (Lipinski definition) is 4. The molecule has 2 heterocycles. The van der Waals surface area contributed by atoms with E-state index in [-0.39, 0.29) is 17.7 Å². The first kappa shape index (κ1) is 15.5. The highest BCUT2D eigenvalue weighted by Gasteiger charge is 2.33. The van der Waals surface area contributed by atoms with Crippen LogP contribution in [0.25, 0.3) is 0 Å². The number of rotatable bonds is 5. The minimum absolute atomic E-state index is 0.0249. The molecule has 2 saturated heterocycles. The zero-order valence-corrected chi connectivity index (χ0v) is 12.6. The molecule has 0 bridgehead atoms. The molecule has 2 rings (SSSR count). The van der Waals surface area contributed by atoms with E-state index in [0.29, 0.717) is 32.6 Å². The summed E-state index contributed by atoms with van der Waals surface area (Å²) in [5.74, 6) is 0.185. The minimum Gasteiger partial charge on any atom is -0.336 e. The Hall–Kier alpha value is -0.920. The second kappa shape index (κ2) is 6.69. The molecule has 1 unspecified atom stereocenters. The van der Waals surface area contributed by atoms with E-state index in [9.17, 15) is 13.2 Å². The van der Waals surface area contributed by atoms with Crippen LogP contribution in [0.15, 0.2) is 12.7 Å². The normalized spacial score (nSPS) is 25.7. The molecule has 0 aliphatic carbocycles. The van der Waals surface area contributed by atoms with E-state index < -0.39 is 10.0 Å². The fourth-order valence-electron chi connectivity index (χ4n) is 2.80. The molecule has 7 heteroatoms. The fourth-order valence-corrected chi connectivity index (χ4v) is 4.33. The molecule has 0 aromatic heterocycles. The molecule has 0 aromatic rings. The SMILES string of the molecule is C=CCCS(=O)(=O)N1CCCC(N2CCNCC2=O)C1. The molecule has 0 spiro atoms. The summed E-state index contributed by atoms with van der Waals surface area (Å²) in [5.41, 5.74) is 0. The van der Waals surface area contributed by atoms with Crippen molar-refractivity contribution in [3.8, 4) is 0 Å². The Bertz CT molecular complexity index is 463. The molecule has 0 radical (unpaired) electrons. The highest BCUT2D eigenvalue weighted by Crippen LogP contribution is 2.20. The van der Waals surface area contributed by atoms with Crippen LogP contribution in [0.2, 0.25) is 0 Å². The van der Waals surface area contributed by atoms with Crippen LogP contribution < -0.4 is 5.32 Å². The van der Waals surface area contributed by atoms with Gasteiger partial charge in [-0.05, 0) is 19.3 Å². The maximum Gasteiger partial charge on any atom is 0.236 e. The first-order valence-corrected chi connectivity index (χ1v) is 8.74. The van der Waals surface area contributed by atoms with E-state index in [0.717, 1.165) is 19.4 Å². The zero-order chi connectivity index (χ0) is 14.6. The van der Waals surface area contributed by atoms with Crippen LogP contribution >= 0.6 is 0 Å². The van der Waals surface area contributed by atoms with Crippen LogP contribution in [0.4, 0.5) is 0 Å². The van der Waals surface area contributed by atoms with Gasteiger partial charge in [0, 0.05) is 32.2 Å². The molecule has 20 heavy (non-hydrogen) atoms. The number of piperazine rings is 1. The molecule has 2 aliphatic heterocycles. The lowest BCUT2D eigenvalue weighted by Gasteiger charge is -2.40. The molecular formula is C13H23N3O3S. The molecular weight excluding hydrogens is 278 g/mol. The predicted octanol–water partition coefficient (Wildman–Crippen LogP) is -0.211. The number of piperidine rings is 1. The van der Waals surface area contributed by atoms with E-state index in [1.54, 1.807) is 10.4 Å². The smallest absolute Gasteiger partial charge is 0.236 e. The van der Waals surface area contributed by atoms with Gasteiger partial charge in [0.15, 0.2) is 0 Å². The zero-order valence-electron chi connectivity index (χ0n) is 11.8. The van der Waals surface area contributed by atoms with Crippen LogP contribution in [-0.4, -0.2) is 68.0 Å². The van der Waals surface area contributed by atoms with Crippen LogP contribution in [-0.2, 0) is 14.8 Å². The Kier molecular flexibility index (Phi) is 5.17. The molecule has 1 atom stereocenters. The molecule has 1 amide bonds. The van der Waals surface area contributed by atoms with Gasteiger partial charge >= 0.3 is 0 Å². The Morgan fingerprint density at radius 3 is 2.90 bits per heavy atom. The first-order chi connectivity index (χ1) is 9.54. The van der Waals surface area contributed by atoms with E-state index >= 15 is 0 Å². The van der Waals surface area contributed by atoms with E-state index in [1.165, 1.54) is 0 Å². The van der Waals surface area contributed by atoms with Crippen molar-refractivity contribution in [2.24, 2.45) is 0 Å². The van der Waals surface area contributed by atoms with E-state index in [2.05, 4.69) is 11.9 Å². The average molecular weight is 301 g/mol. The topological polar surface area (TPSA) is 69.7 Å². The predicted molar refractivity (Wildman–Crippen MR) is 77.8 cm³/mol. The quantitative estimate of drug-likeness (QED) is 0.713. The summed E-state index contributed by atoms with van der Waals surface area (Å²) < 4.78 is 26.0. The summed E-state index contributed by atoms with van der Waals surface area (Å²) in [6.07, 6.45) is 3.79. The maximum absolute atomic E-state index is 12.2. The third-order valence-electron chi connectivity index (χ3n) is 3.90. The Morgan fingerprint density at radius 1 is 1.40 bits per heavy atom. The third-order valence-corrected chi connectivity index (χ3v) is 5.77. The summed E-state index contributed by atoms with van der Waals surface area (Å²) >= 11 is 0. The Morgan fingerprint density at radius 2 is 2.20 bits per heavy atom. The van der Waals surface area contributed by atoms with Crippen molar-refractivity contribution < 1.29 is 13.2 Å². The molecule has 114 valence electrons. The number of carbonyl (C=O) groups excluding carboxylic acids is 1. The van der Waals surface area contributed by atoms with Crippen molar-refractivity contribution >= 4 is 15.9 Å². The van der Waals surface area contributed by atoms with Gasteiger partial charge in [0.05, 0.1) is 12.3 Å². The van der Waals surface area contributed by atoms with Crippen molar-refractivity contribution in [3.63, 3.8) is 0 Å². The monoisotopic (exact) mass is 301 g/mol. The van der Waals surface area contributed by atoms with Gasteiger partial charge in [0.25, 0.3) is 0 Å². The highest BCUT2D eigenvalue weighted by atomic mass is 32.2. The van der Waals surface area contributed by atoms with E-state index in [1.807, 2.05) is 4.90 Å².